The molecule has 1 amide bonds. The Balaban J connectivity index is 2.18. The van der Waals surface area contributed by atoms with Crippen LogP contribution in [0.4, 0.5) is 5.69 Å². The maximum absolute atomic E-state index is 13.4. The molecule has 0 atom stereocenters. The summed E-state index contributed by atoms with van der Waals surface area (Å²) in [5, 5.41) is 0. The summed E-state index contributed by atoms with van der Waals surface area (Å²) in [5.41, 5.74) is 1.49. The molecule has 0 unspecified atom stereocenters. The molecular weight excluding hydrogens is 374 g/mol. The molecule has 0 spiro atoms. The molecule has 0 aromatic heterocycles. The second kappa shape index (κ2) is 8.27. The average Bonchev–Trinajstić information content (AvgIpc) is 2.74. The predicted octanol–water partition coefficient (Wildman–Crippen LogP) is 4.29. The highest BCUT2D eigenvalue weighted by Gasteiger charge is 2.33. The molecule has 0 bridgehead atoms. The standard InChI is InChI=1S/C22H21NO4S/c1-3-17-13-15-18(16-14-17)23(28(25,26)19-9-5-4-6-10-19)22(24)20-11-7-8-12-21(20)27-2/h4-16H,3H2,1-2H3. The molecule has 0 heterocycles. The monoisotopic (exact) mass is 395 g/mol. The number of rotatable bonds is 6. The van der Waals surface area contributed by atoms with E-state index in [-0.39, 0.29) is 16.1 Å². The van der Waals surface area contributed by atoms with Crippen molar-refractivity contribution in [3.8, 4) is 5.75 Å². The van der Waals surface area contributed by atoms with Gasteiger partial charge in [-0.25, -0.2) is 8.42 Å². The lowest BCUT2D eigenvalue weighted by Gasteiger charge is -2.23. The molecular formula is C22H21NO4S. The summed E-state index contributed by atoms with van der Waals surface area (Å²) in [7, 11) is -2.68. The second-order valence-electron chi connectivity index (χ2n) is 6.11. The maximum atomic E-state index is 13.4. The molecule has 0 fully saturated rings. The third-order valence-electron chi connectivity index (χ3n) is 4.38. The van der Waals surface area contributed by atoms with Gasteiger partial charge in [-0.15, -0.1) is 0 Å². The molecule has 28 heavy (non-hydrogen) atoms. The lowest BCUT2D eigenvalue weighted by molar-refractivity contribution is 0.100. The van der Waals surface area contributed by atoms with Gasteiger partial charge in [0.1, 0.15) is 5.75 Å². The number of methoxy groups -OCH3 is 1. The average molecular weight is 395 g/mol. The van der Waals surface area contributed by atoms with Gasteiger partial charge in [0.2, 0.25) is 0 Å². The molecule has 0 aliphatic heterocycles. The minimum atomic E-state index is -4.12. The van der Waals surface area contributed by atoms with E-state index in [0.29, 0.717) is 5.75 Å². The summed E-state index contributed by atoms with van der Waals surface area (Å²) >= 11 is 0. The quantitative estimate of drug-likeness (QED) is 0.624. The van der Waals surface area contributed by atoms with Gasteiger partial charge < -0.3 is 4.74 Å². The molecule has 0 saturated carbocycles. The Labute approximate surface area is 165 Å². The molecule has 144 valence electrons. The molecule has 5 nitrogen and oxygen atoms in total. The molecule has 3 aromatic rings. The number of ether oxygens (including phenoxy) is 1. The zero-order chi connectivity index (χ0) is 20.1. The topological polar surface area (TPSA) is 63.7 Å². The van der Waals surface area contributed by atoms with Gasteiger partial charge in [0.05, 0.1) is 23.3 Å². The number of sulfonamides is 1. The molecule has 3 aromatic carbocycles. The van der Waals surface area contributed by atoms with Crippen molar-refractivity contribution in [2.45, 2.75) is 18.2 Å². The fraction of sp³-hybridized carbons (Fsp3) is 0.136. The SMILES string of the molecule is CCc1ccc(N(C(=O)c2ccccc2OC)S(=O)(=O)c2ccccc2)cc1. The summed E-state index contributed by atoms with van der Waals surface area (Å²) in [5.74, 6) is -0.364. The summed E-state index contributed by atoms with van der Waals surface area (Å²) in [6, 6.07) is 21.4. The highest BCUT2D eigenvalue weighted by Crippen LogP contribution is 2.29. The fourth-order valence-corrected chi connectivity index (χ4v) is 4.29. The normalized spacial score (nSPS) is 11.1. The number of aryl methyl sites for hydroxylation is 1. The number of hydrogen-bond donors (Lipinski definition) is 0. The minimum Gasteiger partial charge on any atom is -0.496 e. The Morgan fingerprint density at radius 3 is 2.11 bits per heavy atom. The Hall–Kier alpha value is -3.12. The van der Waals surface area contributed by atoms with Crippen molar-refractivity contribution < 1.29 is 17.9 Å². The third kappa shape index (κ3) is 3.77. The van der Waals surface area contributed by atoms with Crippen LogP contribution in [0.5, 0.6) is 5.75 Å². The van der Waals surface area contributed by atoms with Crippen molar-refractivity contribution in [2.24, 2.45) is 0 Å². The smallest absolute Gasteiger partial charge is 0.276 e. The number of carbonyl (C=O) groups excluding carboxylic acids is 1. The summed E-state index contributed by atoms with van der Waals surface area (Å²) in [4.78, 5) is 13.4. The largest absolute Gasteiger partial charge is 0.496 e. The van der Waals surface area contributed by atoms with Crippen molar-refractivity contribution >= 4 is 21.6 Å². The Kier molecular flexibility index (Phi) is 5.80. The van der Waals surface area contributed by atoms with Gasteiger partial charge in [0, 0.05) is 0 Å². The lowest BCUT2D eigenvalue weighted by atomic mass is 10.1. The summed E-state index contributed by atoms with van der Waals surface area (Å²) in [6.45, 7) is 2.01. The molecule has 0 aliphatic carbocycles. The van der Waals surface area contributed by atoms with E-state index in [1.54, 1.807) is 54.6 Å². The van der Waals surface area contributed by atoms with Crippen LogP contribution in [0.25, 0.3) is 0 Å². The Morgan fingerprint density at radius 1 is 0.893 bits per heavy atom. The van der Waals surface area contributed by atoms with Crippen molar-refractivity contribution in [3.05, 3.63) is 90.0 Å². The van der Waals surface area contributed by atoms with Crippen LogP contribution in [0.15, 0.2) is 83.8 Å². The third-order valence-corrected chi connectivity index (χ3v) is 6.11. The van der Waals surface area contributed by atoms with E-state index in [9.17, 15) is 13.2 Å². The number of hydrogen-bond acceptors (Lipinski definition) is 4. The minimum absolute atomic E-state index is 0.0396. The zero-order valence-electron chi connectivity index (χ0n) is 15.7. The van der Waals surface area contributed by atoms with Crippen LogP contribution in [-0.4, -0.2) is 21.4 Å². The first-order valence-electron chi connectivity index (χ1n) is 8.85. The number of nitrogens with zero attached hydrogens (tertiary/aromatic N) is 1. The van der Waals surface area contributed by atoms with Crippen molar-refractivity contribution in [1.82, 2.24) is 0 Å². The summed E-state index contributed by atoms with van der Waals surface area (Å²) in [6.07, 6.45) is 0.812. The Morgan fingerprint density at radius 2 is 1.50 bits per heavy atom. The van der Waals surface area contributed by atoms with Gasteiger partial charge in [-0.1, -0.05) is 49.4 Å². The van der Waals surface area contributed by atoms with E-state index in [1.807, 2.05) is 19.1 Å². The molecule has 0 aliphatic rings. The van der Waals surface area contributed by atoms with Crippen molar-refractivity contribution in [3.63, 3.8) is 0 Å². The van der Waals surface area contributed by atoms with Gasteiger partial charge in [-0.2, -0.15) is 4.31 Å². The first kappa shape index (κ1) is 19.6. The van der Waals surface area contributed by atoms with Crippen LogP contribution in [0.1, 0.15) is 22.8 Å². The van der Waals surface area contributed by atoms with Gasteiger partial charge in [-0.05, 0) is 48.4 Å². The van der Waals surface area contributed by atoms with Gasteiger partial charge in [-0.3, -0.25) is 4.79 Å². The van der Waals surface area contributed by atoms with E-state index < -0.39 is 15.9 Å². The molecule has 3 rings (SSSR count). The molecule has 0 saturated heterocycles. The first-order chi connectivity index (χ1) is 13.5. The van der Waals surface area contributed by atoms with Gasteiger partial charge in [0.25, 0.3) is 15.9 Å². The van der Waals surface area contributed by atoms with Crippen molar-refractivity contribution in [1.29, 1.82) is 0 Å². The van der Waals surface area contributed by atoms with E-state index in [4.69, 9.17) is 4.74 Å². The second-order valence-corrected chi connectivity index (χ2v) is 7.89. The van der Waals surface area contributed by atoms with Gasteiger partial charge >= 0.3 is 0 Å². The molecule has 0 radical (unpaired) electrons. The van der Waals surface area contributed by atoms with E-state index in [0.717, 1.165) is 16.3 Å². The maximum Gasteiger partial charge on any atom is 0.276 e. The number of benzene rings is 3. The number of para-hydroxylation sites is 1. The van der Waals surface area contributed by atoms with E-state index in [1.165, 1.54) is 19.2 Å². The van der Waals surface area contributed by atoms with Crippen LogP contribution in [0.3, 0.4) is 0 Å². The highest BCUT2D eigenvalue weighted by molar-refractivity contribution is 7.93. The van der Waals surface area contributed by atoms with Crippen LogP contribution in [0.2, 0.25) is 0 Å². The van der Waals surface area contributed by atoms with Crippen LogP contribution in [-0.2, 0) is 16.4 Å². The highest BCUT2D eigenvalue weighted by atomic mass is 32.2. The zero-order valence-corrected chi connectivity index (χ0v) is 16.5. The lowest BCUT2D eigenvalue weighted by Crippen LogP contribution is -2.37. The fourth-order valence-electron chi connectivity index (χ4n) is 2.86. The summed E-state index contributed by atoms with van der Waals surface area (Å²) < 4.78 is 32.8. The molecule has 6 heteroatoms. The van der Waals surface area contributed by atoms with Crippen molar-refractivity contribution in [2.75, 3.05) is 11.4 Å². The van der Waals surface area contributed by atoms with E-state index >= 15 is 0 Å². The van der Waals surface area contributed by atoms with Crippen LogP contribution >= 0.6 is 0 Å². The van der Waals surface area contributed by atoms with Gasteiger partial charge in [0.15, 0.2) is 0 Å². The molecule has 0 N–H and O–H groups in total. The number of amides is 1. The number of carbonyl (C=O) groups is 1. The number of anilines is 1. The van der Waals surface area contributed by atoms with Crippen LogP contribution < -0.4 is 9.04 Å². The predicted molar refractivity (Wildman–Crippen MR) is 109 cm³/mol. The Bertz CT molecular complexity index is 1060. The van der Waals surface area contributed by atoms with E-state index in [2.05, 4.69) is 0 Å². The first-order valence-corrected chi connectivity index (χ1v) is 10.3. The van der Waals surface area contributed by atoms with Crippen LogP contribution in [0, 0.1) is 0 Å².